The minimum absolute atomic E-state index is 0.0150. The molecule has 0 rings (SSSR count). The smallest absolute Gasteiger partial charge is 0.322 e. The van der Waals surface area contributed by atoms with Gasteiger partial charge < -0.3 is 4.74 Å². The van der Waals surface area contributed by atoms with Gasteiger partial charge in [0.1, 0.15) is 16.8 Å². The summed E-state index contributed by atoms with van der Waals surface area (Å²) in [4.78, 5) is 24.2. The number of hydrogen-bond donors (Lipinski definition) is 0. The van der Waals surface area contributed by atoms with Crippen LogP contribution in [0.2, 0.25) is 0 Å². The number of esters is 1. The molecule has 0 aromatic carbocycles. The first-order chi connectivity index (χ1) is 10.6. The zero-order chi connectivity index (χ0) is 19.3. The molecule has 0 spiro atoms. The average molecular weight is 360 g/mol. The lowest BCUT2D eigenvalue weighted by atomic mass is 9.87. The van der Waals surface area contributed by atoms with Crippen molar-refractivity contribution < 1.29 is 26.9 Å². The highest BCUT2D eigenvalue weighted by molar-refractivity contribution is 7.90. The van der Waals surface area contributed by atoms with Gasteiger partial charge >= 0.3 is 5.97 Å². The quantitative estimate of drug-likeness (QED) is 0.300. The van der Waals surface area contributed by atoms with Crippen molar-refractivity contribution in [2.75, 3.05) is 6.61 Å². The van der Waals surface area contributed by atoms with E-state index in [4.69, 9.17) is 8.92 Å². The number of Topliss-reactive ketones (excluding diaryl/α,β-unsaturated/α-hetero) is 1. The summed E-state index contributed by atoms with van der Waals surface area (Å²) in [7, 11) is -4.04. The van der Waals surface area contributed by atoms with Gasteiger partial charge in [0.15, 0.2) is 0 Å². The van der Waals surface area contributed by atoms with E-state index in [9.17, 15) is 18.0 Å². The monoisotopic (exact) mass is 360 g/mol. The van der Waals surface area contributed by atoms with Crippen LogP contribution in [-0.2, 0) is 28.6 Å². The molecular formula is C17H28O6S. The van der Waals surface area contributed by atoms with Crippen LogP contribution in [0.4, 0.5) is 0 Å². The molecule has 6 nitrogen and oxygen atoms in total. The second kappa shape index (κ2) is 8.07. The summed E-state index contributed by atoms with van der Waals surface area (Å²) in [5.41, 5.74) is -1.57. The summed E-state index contributed by atoms with van der Waals surface area (Å²) in [6.45, 7) is 11.9. The highest BCUT2D eigenvalue weighted by atomic mass is 32.2. The number of ether oxygens (including phenoxy) is 1. The zero-order valence-corrected chi connectivity index (χ0v) is 16.5. The SMILES string of the molecule is CC(=O)C(C)(COS(=O)(=O)C(C)=CC=C(C)C)C(=O)OC(C)(C)C. The number of carbonyl (C=O) groups excluding carboxylic acids is 2. The Balaban J connectivity index is 5.37. The number of allylic oxidation sites excluding steroid dienone is 4. The number of rotatable bonds is 7. The predicted molar refractivity (Wildman–Crippen MR) is 92.7 cm³/mol. The lowest BCUT2D eigenvalue weighted by Gasteiger charge is -2.29. The predicted octanol–water partition coefficient (Wildman–Crippen LogP) is 3.14. The molecule has 0 fully saturated rings. The van der Waals surface area contributed by atoms with Gasteiger partial charge in [0.25, 0.3) is 10.1 Å². The molecule has 0 saturated carbocycles. The third-order valence-corrected chi connectivity index (χ3v) is 4.53. The fourth-order valence-corrected chi connectivity index (χ4v) is 2.16. The van der Waals surface area contributed by atoms with Crippen molar-refractivity contribution in [2.45, 2.75) is 61.0 Å². The van der Waals surface area contributed by atoms with Crippen LogP contribution in [0.5, 0.6) is 0 Å². The van der Waals surface area contributed by atoms with E-state index in [1.807, 2.05) is 13.8 Å². The van der Waals surface area contributed by atoms with E-state index < -0.39 is 39.5 Å². The lowest BCUT2D eigenvalue weighted by Crippen LogP contribution is -2.44. The molecule has 0 aliphatic rings. The fourth-order valence-electron chi connectivity index (χ4n) is 1.35. The van der Waals surface area contributed by atoms with Crippen LogP contribution >= 0.6 is 0 Å². The highest BCUT2D eigenvalue weighted by Crippen LogP contribution is 2.26. The van der Waals surface area contributed by atoms with Crippen LogP contribution < -0.4 is 0 Å². The van der Waals surface area contributed by atoms with E-state index >= 15 is 0 Å². The van der Waals surface area contributed by atoms with Crippen LogP contribution in [0.15, 0.2) is 22.6 Å². The standard InChI is InChI=1S/C17H28O6S/c1-12(2)9-10-13(3)24(20,21)22-11-17(8,14(4)18)15(19)23-16(5,6)7/h9-10H,11H2,1-8H3. The van der Waals surface area contributed by atoms with Gasteiger partial charge in [-0.3, -0.25) is 13.8 Å². The molecule has 0 amide bonds. The summed E-state index contributed by atoms with van der Waals surface area (Å²) in [6.07, 6.45) is 3.04. The Hall–Kier alpha value is -1.47. The Kier molecular flexibility index (Phi) is 7.58. The first kappa shape index (κ1) is 22.5. The van der Waals surface area contributed by atoms with E-state index in [1.165, 1.54) is 26.8 Å². The molecule has 0 bridgehead atoms. The summed E-state index contributed by atoms with van der Waals surface area (Å²) in [5, 5.41) is 0. The lowest BCUT2D eigenvalue weighted by molar-refractivity contribution is -0.170. The first-order valence-corrected chi connectivity index (χ1v) is 8.98. The Morgan fingerprint density at radius 3 is 1.83 bits per heavy atom. The fraction of sp³-hybridized carbons (Fsp3) is 0.647. The molecule has 0 N–H and O–H groups in total. The molecule has 0 aliphatic carbocycles. The van der Waals surface area contributed by atoms with Crippen LogP contribution in [0.3, 0.4) is 0 Å². The van der Waals surface area contributed by atoms with Crippen molar-refractivity contribution in [3.05, 3.63) is 22.6 Å². The molecule has 0 heterocycles. The Bertz CT molecular complexity index is 645. The molecule has 0 saturated heterocycles. The maximum Gasteiger partial charge on any atom is 0.322 e. The van der Waals surface area contributed by atoms with Gasteiger partial charge in [0.05, 0.1) is 11.5 Å². The van der Waals surface area contributed by atoms with Crippen molar-refractivity contribution in [3.63, 3.8) is 0 Å². The van der Waals surface area contributed by atoms with Crippen LogP contribution in [0.25, 0.3) is 0 Å². The van der Waals surface area contributed by atoms with E-state index in [1.54, 1.807) is 26.8 Å². The maximum absolute atomic E-state index is 12.3. The van der Waals surface area contributed by atoms with Crippen molar-refractivity contribution in [1.29, 1.82) is 0 Å². The van der Waals surface area contributed by atoms with Gasteiger partial charge in [-0.1, -0.05) is 11.6 Å². The molecule has 1 unspecified atom stereocenters. The largest absolute Gasteiger partial charge is 0.459 e. The molecule has 138 valence electrons. The molecular weight excluding hydrogens is 332 g/mol. The summed E-state index contributed by atoms with van der Waals surface area (Å²) in [6, 6.07) is 0. The number of ketones is 1. The second-order valence-electron chi connectivity index (χ2n) is 7.13. The zero-order valence-electron chi connectivity index (χ0n) is 15.7. The van der Waals surface area contributed by atoms with Gasteiger partial charge in [-0.05, 0) is 61.5 Å². The Morgan fingerprint density at radius 1 is 0.958 bits per heavy atom. The van der Waals surface area contributed by atoms with E-state index in [-0.39, 0.29) is 4.91 Å². The van der Waals surface area contributed by atoms with Crippen LogP contribution in [-0.4, -0.2) is 32.4 Å². The van der Waals surface area contributed by atoms with Crippen LogP contribution in [0.1, 0.15) is 55.4 Å². The van der Waals surface area contributed by atoms with Gasteiger partial charge in [-0.2, -0.15) is 8.42 Å². The van der Waals surface area contributed by atoms with Crippen molar-refractivity contribution >= 4 is 21.9 Å². The molecule has 0 aliphatic heterocycles. The highest BCUT2D eigenvalue weighted by Gasteiger charge is 2.43. The van der Waals surface area contributed by atoms with Gasteiger partial charge in [0, 0.05) is 0 Å². The summed E-state index contributed by atoms with van der Waals surface area (Å²) >= 11 is 0. The van der Waals surface area contributed by atoms with Gasteiger partial charge in [0.2, 0.25) is 0 Å². The van der Waals surface area contributed by atoms with E-state index in [0.717, 1.165) is 5.57 Å². The molecule has 24 heavy (non-hydrogen) atoms. The van der Waals surface area contributed by atoms with Crippen molar-refractivity contribution in [2.24, 2.45) is 5.41 Å². The molecule has 0 radical (unpaired) electrons. The minimum Gasteiger partial charge on any atom is -0.459 e. The molecule has 7 heteroatoms. The first-order valence-electron chi connectivity index (χ1n) is 7.57. The third-order valence-electron chi connectivity index (χ3n) is 3.17. The molecule has 0 aromatic heterocycles. The summed E-state index contributed by atoms with van der Waals surface area (Å²) < 4.78 is 34.4. The van der Waals surface area contributed by atoms with Crippen molar-refractivity contribution in [1.82, 2.24) is 0 Å². The Labute approximate surface area is 145 Å². The van der Waals surface area contributed by atoms with Crippen molar-refractivity contribution in [3.8, 4) is 0 Å². The van der Waals surface area contributed by atoms with E-state index in [2.05, 4.69) is 0 Å². The average Bonchev–Trinajstić information content (AvgIpc) is 2.39. The van der Waals surface area contributed by atoms with Crippen LogP contribution in [0, 0.1) is 5.41 Å². The third kappa shape index (κ3) is 6.97. The van der Waals surface area contributed by atoms with E-state index in [0.29, 0.717) is 0 Å². The van der Waals surface area contributed by atoms with Gasteiger partial charge in [-0.15, -0.1) is 0 Å². The second-order valence-corrected chi connectivity index (χ2v) is 8.92. The minimum atomic E-state index is -4.04. The maximum atomic E-state index is 12.3. The number of hydrogen-bond acceptors (Lipinski definition) is 6. The molecule has 0 aromatic rings. The Morgan fingerprint density at radius 2 is 1.46 bits per heavy atom. The number of carbonyl (C=O) groups is 2. The topological polar surface area (TPSA) is 86.7 Å². The normalized spacial score (nSPS) is 15.4. The summed E-state index contributed by atoms with van der Waals surface area (Å²) in [5.74, 6) is -1.35. The molecule has 1 atom stereocenters. The van der Waals surface area contributed by atoms with Gasteiger partial charge in [-0.25, -0.2) is 0 Å².